The van der Waals surface area contributed by atoms with E-state index in [1.165, 1.54) is 26.0 Å². The highest BCUT2D eigenvalue weighted by molar-refractivity contribution is 5.92. The Balaban J connectivity index is -0.000000575. The normalized spacial score (nSPS) is 11.8. The van der Waals surface area contributed by atoms with Crippen molar-refractivity contribution in [2.24, 2.45) is 11.7 Å². The van der Waals surface area contributed by atoms with Crippen molar-refractivity contribution in [1.82, 2.24) is 0 Å². The maximum atomic E-state index is 13.6. The summed E-state index contributed by atoms with van der Waals surface area (Å²) in [4.78, 5) is 11.5. The maximum absolute atomic E-state index is 13.6. The molecule has 1 aromatic rings. The molecular weight excluding hydrogens is 419 g/mol. The fourth-order valence-electron chi connectivity index (χ4n) is 2.23. The van der Waals surface area contributed by atoms with E-state index in [2.05, 4.69) is 6.58 Å². The molecule has 0 aliphatic heterocycles. The van der Waals surface area contributed by atoms with Crippen molar-refractivity contribution in [2.45, 2.75) is 74.2 Å². The summed E-state index contributed by atoms with van der Waals surface area (Å²) >= 11 is 0. The lowest BCUT2D eigenvalue weighted by Crippen LogP contribution is -2.31. The van der Waals surface area contributed by atoms with Gasteiger partial charge >= 0.3 is 5.97 Å². The fraction of sp³-hybridized carbons (Fsp3) is 0.560. The average molecular weight is 462 g/mol. The number of ether oxygens (including phenoxy) is 1. The molecule has 0 aliphatic rings. The topological polar surface area (TPSA) is 72.5 Å². The number of allylic oxidation sites excluding steroid dienone is 1. The van der Waals surface area contributed by atoms with Crippen LogP contribution in [-0.4, -0.2) is 30.2 Å². The molecule has 186 valence electrons. The van der Waals surface area contributed by atoms with Crippen molar-refractivity contribution in [1.29, 1.82) is 0 Å². The zero-order valence-corrected chi connectivity index (χ0v) is 20.9. The summed E-state index contributed by atoms with van der Waals surface area (Å²) in [5, 5.41) is 9.10. The molecule has 0 aromatic heterocycles. The van der Waals surface area contributed by atoms with Crippen LogP contribution in [0.5, 0.6) is 0 Å². The van der Waals surface area contributed by atoms with E-state index in [4.69, 9.17) is 15.6 Å². The third kappa shape index (κ3) is 13.9. The number of nitrogens with two attached hydrogens (primary N) is 1. The number of carbonyl (C=O) groups excluding carboxylic acids is 1. The van der Waals surface area contributed by atoms with Gasteiger partial charge in [-0.25, -0.2) is 18.0 Å². The van der Waals surface area contributed by atoms with Crippen LogP contribution in [0.25, 0.3) is 0 Å². The van der Waals surface area contributed by atoms with Gasteiger partial charge in [-0.3, -0.25) is 0 Å². The molecule has 0 heterocycles. The van der Waals surface area contributed by atoms with Gasteiger partial charge in [0.2, 0.25) is 0 Å². The summed E-state index contributed by atoms with van der Waals surface area (Å²) in [6.07, 6.45) is -0.480. The number of hydrogen-bond acceptors (Lipinski definition) is 4. The number of aryl methyl sites for hydroxylation is 1. The third-order valence-corrected chi connectivity index (χ3v) is 4.16. The Morgan fingerprint density at radius 2 is 1.62 bits per heavy atom. The van der Waals surface area contributed by atoms with E-state index in [9.17, 15) is 18.0 Å². The number of esters is 1. The van der Waals surface area contributed by atoms with Gasteiger partial charge in [-0.15, -0.1) is 0 Å². The summed E-state index contributed by atoms with van der Waals surface area (Å²) in [7, 11) is 0. The Bertz CT molecular complexity index is 651. The van der Waals surface area contributed by atoms with Gasteiger partial charge < -0.3 is 15.6 Å². The number of carbonyl (C=O) groups is 1. The molecule has 32 heavy (non-hydrogen) atoms. The third-order valence-electron chi connectivity index (χ3n) is 4.16. The average Bonchev–Trinajstić information content (AvgIpc) is 2.81. The summed E-state index contributed by atoms with van der Waals surface area (Å²) in [5.41, 5.74) is 7.19. The van der Waals surface area contributed by atoms with Crippen LogP contribution < -0.4 is 5.73 Å². The van der Waals surface area contributed by atoms with Crippen LogP contribution in [0.3, 0.4) is 0 Å². The predicted octanol–water partition coefficient (Wildman–Crippen LogP) is 6.57. The van der Waals surface area contributed by atoms with Crippen LogP contribution >= 0.6 is 0 Å². The number of benzene rings is 1. The number of alkyl halides is 2. The molecule has 0 bridgehead atoms. The SMILES string of the molecule is C=C(C(=O)OCC)/C(N)=C(\C)CC(CO)C(F)(F)CC.CC.CC.Cc1ccc(F)cc1. The summed E-state index contributed by atoms with van der Waals surface area (Å²) in [6, 6.07) is 6.40. The molecule has 1 unspecified atom stereocenters. The highest BCUT2D eigenvalue weighted by Gasteiger charge is 2.37. The predicted molar refractivity (Wildman–Crippen MR) is 127 cm³/mol. The summed E-state index contributed by atoms with van der Waals surface area (Å²) in [5.74, 6) is -5.06. The maximum Gasteiger partial charge on any atom is 0.339 e. The van der Waals surface area contributed by atoms with Gasteiger partial charge in [-0.05, 0) is 44.9 Å². The van der Waals surface area contributed by atoms with Gasteiger partial charge in [0.15, 0.2) is 0 Å². The van der Waals surface area contributed by atoms with Crippen molar-refractivity contribution in [3.8, 4) is 0 Å². The first-order valence-electron chi connectivity index (χ1n) is 11.0. The summed E-state index contributed by atoms with van der Waals surface area (Å²) < 4.78 is 44.0. The molecule has 7 heteroatoms. The van der Waals surface area contributed by atoms with Crippen LogP contribution in [0.15, 0.2) is 47.7 Å². The molecule has 0 amide bonds. The van der Waals surface area contributed by atoms with E-state index in [1.54, 1.807) is 19.1 Å². The van der Waals surface area contributed by atoms with Gasteiger partial charge in [0, 0.05) is 18.0 Å². The van der Waals surface area contributed by atoms with Gasteiger partial charge in [-0.1, -0.05) is 58.9 Å². The first kappa shape index (κ1) is 34.3. The van der Waals surface area contributed by atoms with Crippen LogP contribution in [-0.2, 0) is 9.53 Å². The first-order valence-corrected chi connectivity index (χ1v) is 11.0. The fourth-order valence-corrected chi connectivity index (χ4v) is 2.23. The smallest absolute Gasteiger partial charge is 0.339 e. The van der Waals surface area contributed by atoms with E-state index in [-0.39, 0.29) is 36.5 Å². The summed E-state index contributed by atoms with van der Waals surface area (Å²) in [6.45, 7) is 17.5. The number of rotatable bonds is 8. The molecular formula is C25H42F3NO3. The van der Waals surface area contributed by atoms with E-state index < -0.39 is 24.4 Å². The Morgan fingerprint density at radius 3 is 1.97 bits per heavy atom. The van der Waals surface area contributed by atoms with Gasteiger partial charge in [0.25, 0.3) is 5.92 Å². The van der Waals surface area contributed by atoms with Crippen molar-refractivity contribution < 1.29 is 27.8 Å². The second kappa shape index (κ2) is 19.4. The molecule has 1 rings (SSSR count). The Labute approximate surface area is 192 Å². The van der Waals surface area contributed by atoms with Crippen molar-refractivity contribution in [3.63, 3.8) is 0 Å². The number of aliphatic hydroxyl groups excluding tert-OH is 1. The minimum absolute atomic E-state index is 0.0359. The quantitative estimate of drug-likeness (QED) is 0.261. The molecule has 3 N–H and O–H groups in total. The highest BCUT2D eigenvalue weighted by atomic mass is 19.3. The van der Waals surface area contributed by atoms with Crippen LogP contribution in [0.4, 0.5) is 13.2 Å². The second-order valence-electron chi connectivity index (χ2n) is 6.39. The van der Waals surface area contributed by atoms with Crippen molar-refractivity contribution in [2.75, 3.05) is 13.2 Å². The lowest BCUT2D eigenvalue weighted by Gasteiger charge is -2.25. The van der Waals surface area contributed by atoms with E-state index in [0.29, 0.717) is 5.57 Å². The number of aliphatic hydroxyl groups is 1. The largest absolute Gasteiger partial charge is 0.462 e. The van der Waals surface area contributed by atoms with Crippen LogP contribution in [0.1, 0.15) is 66.9 Å². The number of halogens is 3. The molecule has 4 nitrogen and oxygen atoms in total. The Hall–Kier alpha value is -2.28. The zero-order valence-electron chi connectivity index (χ0n) is 20.9. The lowest BCUT2D eigenvalue weighted by atomic mass is 9.91. The van der Waals surface area contributed by atoms with Crippen molar-refractivity contribution >= 4 is 5.97 Å². The molecule has 0 radical (unpaired) electrons. The first-order chi connectivity index (χ1) is 15.0. The van der Waals surface area contributed by atoms with Crippen LogP contribution in [0, 0.1) is 18.7 Å². The Morgan fingerprint density at radius 1 is 1.16 bits per heavy atom. The van der Waals surface area contributed by atoms with Gasteiger partial charge in [0.1, 0.15) is 5.82 Å². The minimum Gasteiger partial charge on any atom is -0.462 e. The van der Waals surface area contributed by atoms with E-state index in [1.807, 2.05) is 34.6 Å². The monoisotopic (exact) mass is 461 g/mol. The van der Waals surface area contributed by atoms with E-state index in [0.717, 1.165) is 5.56 Å². The number of hydrogen-bond donors (Lipinski definition) is 2. The molecule has 0 saturated carbocycles. The lowest BCUT2D eigenvalue weighted by molar-refractivity contribution is -0.138. The van der Waals surface area contributed by atoms with Crippen LogP contribution in [0.2, 0.25) is 0 Å². The molecule has 1 aromatic carbocycles. The minimum atomic E-state index is -2.98. The standard InChI is InChI=1S/C14H23F2NO3.C7H7F.2C2H6/c1-5-14(15,16)11(8-18)7-9(3)12(17)10(4)13(19)20-6-2;1-6-2-4-7(8)5-3-6;2*1-2/h11,18H,4-8,17H2,1-3H3;2-5H,1H3;2*1-2H3/b12-9-;;;. The second-order valence-corrected chi connectivity index (χ2v) is 6.39. The Kier molecular flexibility index (Phi) is 20.8. The van der Waals surface area contributed by atoms with E-state index >= 15 is 0 Å². The van der Waals surface area contributed by atoms with Gasteiger partial charge in [-0.2, -0.15) is 0 Å². The highest BCUT2D eigenvalue weighted by Crippen LogP contribution is 2.33. The molecule has 0 spiro atoms. The van der Waals surface area contributed by atoms with Gasteiger partial charge in [0.05, 0.1) is 18.8 Å². The molecule has 0 saturated heterocycles. The zero-order chi connectivity index (χ0) is 25.9. The molecule has 0 aliphatic carbocycles. The molecule has 0 fully saturated rings. The van der Waals surface area contributed by atoms with Crippen molar-refractivity contribution in [3.05, 3.63) is 59.1 Å². The molecule has 1 atom stereocenters.